The second-order valence-electron chi connectivity index (χ2n) is 4.54. The number of aliphatic carboxylic acids is 1. The van der Waals surface area contributed by atoms with Crippen LogP contribution in [0.3, 0.4) is 0 Å². The fourth-order valence-corrected chi connectivity index (χ4v) is 1.85. The fourth-order valence-electron chi connectivity index (χ4n) is 1.85. The molecule has 0 fully saturated rings. The molecule has 2 N–H and O–H groups in total. The van der Waals surface area contributed by atoms with Gasteiger partial charge in [0.15, 0.2) is 0 Å². The number of amides is 1. The number of benzene rings is 1. The van der Waals surface area contributed by atoms with Gasteiger partial charge in [0.05, 0.1) is 6.20 Å². The molecule has 6 heteroatoms. The van der Waals surface area contributed by atoms with Gasteiger partial charge in [-0.05, 0) is 36.3 Å². The van der Waals surface area contributed by atoms with Gasteiger partial charge in [-0.25, -0.2) is 4.79 Å². The van der Waals surface area contributed by atoms with E-state index < -0.39 is 5.97 Å². The number of carbonyl (C=O) groups excluding carboxylic acids is 1. The number of carboxylic acids is 1. The topological polar surface area (TPSA) is 84.2 Å². The summed E-state index contributed by atoms with van der Waals surface area (Å²) in [6, 6.07) is 6.79. The van der Waals surface area contributed by atoms with Crippen LogP contribution in [0.5, 0.6) is 0 Å². The number of hydrogen-bond donors (Lipinski definition) is 2. The Kier molecular flexibility index (Phi) is 4.18. The van der Waals surface area contributed by atoms with Crippen LogP contribution in [0, 0.1) is 6.92 Å². The van der Waals surface area contributed by atoms with E-state index in [0.717, 1.165) is 17.2 Å². The quantitative estimate of drug-likeness (QED) is 0.842. The van der Waals surface area contributed by atoms with Crippen LogP contribution in [-0.2, 0) is 11.8 Å². The first-order valence-corrected chi connectivity index (χ1v) is 6.28. The highest BCUT2D eigenvalue weighted by atomic mass is 16.4. The van der Waals surface area contributed by atoms with E-state index in [1.165, 1.54) is 6.08 Å². The largest absolute Gasteiger partial charge is 0.478 e. The molecule has 2 rings (SSSR count). The minimum Gasteiger partial charge on any atom is -0.478 e. The molecule has 2 aromatic rings. The molecular weight excluding hydrogens is 270 g/mol. The second kappa shape index (κ2) is 6.04. The molecule has 108 valence electrons. The molecule has 0 saturated heterocycles. The number of carboxylic acid groups (broad SMARTS) is 1. The van der Waals surface area contributed by atoms with Crippen LogP contribution in [0.4, 0.5) is 5.82 Å². The van der Waals surface area contributed by atoms with Gasteiger partial charge in [0.2, 0.25) is 0 Å². The Morgan fingerprint density at radius 3 is 2.67 bits per heavy atom. The van der Waals surface area contributed by atoms with Crippen molar-refractivity contribution in [2.75, 3.05) is 5.32 Å². The van der Waals surface area contributed by atoms with Gasteiger partial charge >= 0.3 is 5.97 Å². The van der Waals surface area contributed by atoms with Crippen LogP contribution in [0.15, 0.2) is 36.5 Å². The molecule has 0 bridgehead atoms. The Balaban J connectivity index is 2.18. The van der Waals surface area contributed by atoms with E-state index >= 15 is 0 Å². The summed E-state index contributed by atoms with van der Waals surface area (Å²) in [6.07, 6.45) is 4.17. The Labute approximate surface area is 121 Å². The number of anilines is 1. The maximum absolute atomic E-state index is 12.1. The summed E-state index contributed by atoms with van der Waals surface area (Å²) >= 11 is 0. The molecule has 0 saturated carbocycles. The number of hydrogen-bond acceptors (Lipinski definition) is 3. The van der Waals surface area contributed by atoms with E-state index in [1.54, 1.807) is 42.2 Å². The number of rotatable bonds is 4. The van der Waals surface area contributed by atoms with Crippen LogP contribution >= 0.6 is 0 Å². The standard InChI is InChI=1S/C15H15N3O3/c1-10-9-12(4-3-11(10)5-6-14(19)20)15(21)17-13-7-8-16-18(13)2/h3-9H,1-2H3,(H,17,21)(H,19,20)/b6-5+. The minimum atomic E-state index is -1.01. The highest BCUT2D eigenvalue weighted by molar-refractivity contribution is 6.04. The number of nitrogens with zero attached hydrogens (tertiary/aromatic N) is 2. The number of aryl methyl sites for hydroxylation is 2. The van der Waals surface area contributed by atoms with Crippen molar-refractivity contribution in [3.05, 3.63) is 53.2 Å². The third kappa shape index (κ3) is 3.56. The van der Waals surface area contributed by atoms with Gasteiger partial charge in [0.25, 0.3) is 5.91 Å². The minimum absolute atomic E-state index is 0.240. The SMILES string of the molecule is Cc1cc(C(=O)Nc2ccnn2C)ccc1/C=C/C(=O)O. The van der Waals surface area contributed by atoms with E-state index in [-0.39, 0.29) is 5.91 Å². The van der Waals surface area contributed by atoms with E-state index in [1.807, 2.05) is 6.92 Å². The second-order valence-corrected chi connectivity index (χ2v) is 4.54. The summed E-state index contributed by atoms with van der Waals surface area (Å²) in [5.41, 5.74) is 2.08. The lowest BCUT2D eigenvalue weighted by Crippen LogP contribution is -2.14. The zero-order valence-corrected chi connectivity index (χ0v) is 11.7. The fraction of sp³-hybridized carbons (Fsp3) is 0.133. The Morgan fingerprint density at radius 2 is 2.10 bits per heavy atom. The van der Waals surface area contributed by atoms with Crippen LogP contribution < -0.4 is 5.32 Å². The first-order valence-electron chi connectivity index (χ1n) is 6.28. The van der Waals surface area contributed by atoms with Crippen molar-refractivity contribution in [2.45, 2.75) is 6.92 Å². The maximum Gasteiger partial charge on any atom is 0.328 e. The molecule has 1 aromatic carbocycles. The van der Waals surface area contributed by atoms with Crippen molar-refractivity contribution in [3.63, 3.8) is 0 Å². The lowest BCUT2D eigenvalue weighted by Gasteiger charge is -2.07. The summed E-state index contributed by atoms with van der Waals surface area (Å²) in [6.45, 7) is 1.82. The van der Waals surface area contributed by atoms with Gasteiger partial charge in [-0.2, -0.15) is 5.10 Å². The van der Waals surface area contributed by atoms with Gasteiger partial charge in [0.1, 0.15) is 5.82 Å². The zero-order valence-electron chi connectivity index (χ0n) is 11.7. The average molecular weight is 285 g/mol. The number of carbonyl (C=O) groups is 2. The van der Waals surface area contributed by atoms with E-state index in [4.69, 9.17) is 5.11 Å². The summed E-state index contributed by atoms with van der Waals surface area (Å²) in [5.74, 6) is -0.643. The molecule has 1 aromatic heterocycles. The molecule has 0 spiro atoms. The zero-order chi connectivity index (χ0) is 15.4. The van der Waals surface area contributed by atoms with Gasteiger partial charge in [-0.1, -0.05) is 6.07 Å². The van der Waals surface area contributed by atoms with Crippen molar-refractivity contribution >= 4 is 23.8 Å². The van der Waals surface area contributed by atoms with Crippen molar-refractivity contribution < 1.29 is 14.7 Å². The molecule has 21 heavy (non-hydrogen) atoms. The molecule has 0 atom stereocenters. The normalized spacial score (nSPS) is 10.8. The van der Waals surface area contributed by atoms with Crippen LogP contribution in [-0.4, -0.2) is 26.8 Å². The molecular formula is C15H15N3O3. The lowest BCUT2D eigenvalue weighted by molar-refractivity contribution is -0.131. The molecule has 0 aliphatic carbocycles. The highest BCUT2D eigenvalue weighted by Crippen LogP contribution is 2.14. The Morgan fingerprint density at radius 1 is 1.33 bits per heavy atom. The van der Waals surface area contributed by atoms with Gasteiger partial charge in [-0.3, -0.25) is 9.48 Å². The predicted molar refractivity (Wildman–Crippen MR) is 79.0 cm³/mol. The van der Waals surface area contributed by atoms with E-state index in [0.29, 0.717) is 11.4 Å². The third-order valence-corrected chi connectivity index (χ3v) is 3.00. The summed E-state index contributed by atoms with van der Waals surface area (Å²) in [5, 5.41) is 15.3. The molecule has 0 unspecified atom stereocenters. The van der Waals surface area contributed by atoms with Crippen LogP contribution in [0.2, 0.25) is 0 Å². The maximum atomic E-state index is 12.1. The first kappa shape index (κ1) is 14.5. The van der Waals surface area contributed by atoms with E-state index in [9.17, 15) is 9.59 Å². The molecule has 0 radical (unpaired) electrons. The van der Waals surface area contributed by atoms with Crippen molar-refractivity contribution in [1.29, 1.82) is 0 Å². The average Bonchev–Trinajstić information content (AvgIpc) is 2.82. The summed E-state index contributed by atoms with van der Waals surface area (Å²) in [7, 11) is 1.74. The number of nitrogens with one attached hydrogen (secondary N) is 1. The number of aromatic nitrogens is 2. The van der Waals surface area contributed by atoms with Gasteiger partial charge in [-0.15, -0.1) is 0 Å². The van der Waals surface area contributed by atoms with Crippen LogP contribution in [0.25, 0.3) is 6.08 Å². The Bertz CT molecular complexity index is 717. The smallest absolute Gasteiger partial charge is 0.328 e. The molecule has 6 nitrogen and oxygen atoms in total. The molecule has 0 aliphatic rings. The summed E-state index contributed by atoms with van der Waals surface area (Å²) in [4.78, 5) is 22.6. The lowest BCUT2D eigenvalue weighted by atomic mass is 10.0. The third-order valence-electron chi connectivity index (χ3n) is 3.00. The van der Waals surface area contributed by atoms with Gasteiger partial charge in [0, 0.05) is 24.8 Å². The van der Waals surface area contributed by atoms with Gasteiger partial charge < -0.3 is 10.4 Å². The van der Waals surface area contributed by atoms with Crippen molar-refractivity contribution in [2.24, 2.45) is 7.05 Å². The highest BCUT2D eigenvalue weighted by Gasteiger charge is 2.09. The van der Waals surface area contributed by atoms with Crippen LogP contribution in [0.1, 0.15) is 21.5 Å². The summed E-state index contributed by atoms with van der Waals surface area (Å²) < 4.78 is 1.56. The molecule has 0 aliphatic heterocycles. The predicted octanol–water partition coefficient (Wildman–Crippen LogP) is 2.08. The van der Waals surface area contributed by atoms with Crippen molar-refractivity contribution in [3.8, 4) is 0 Å². The molecule has 1 heterocycles. The van der Waals surface area contributed by atoms with E-state index in [2.05, 4.69) is 10.4 Å². The first-order chi connectivity index (χ1) is 9.97. The monoisotopic (exact) mass is 285 g/mol. The van der Waals surface area contributed by atoms with Crippen molar-refractivity contribution in [1.82, 2.24) is 9.78 Å². The molecule has 1 amide bonds. The Hall–Kier alpha value is -2.89.